The highest BCUT2D eigenvalue weighted by atomic mass is 19.1. The minimum atomic E-state index is -0.629. The molecule has 1 heterocycles. The third-order valence-corrected chi connectivity index (χ3v) is 4.37. The smallest absolute Gasteiger partial charge is 0.224 e. The first-order chi connectivity index (χ1) is 11.0. The molecule has 3 rings (SSSR count). The van der Waals surface area contributed by atoms with Crippen LogP contribution in [0.3, 0.4) is 0 Å². The maximum atomic E-state index is 14.1. The van der Waals surface area contributed by atoms with Gasteiger partial charge in [-0.2, -0.15) is 0 Å². The number of halogens is 2. The van der Waals surface area contributed by atoms with E-state index >= 15 is 0 Å². The van der Waals surface area contributed by atoms with Gasteiger partial charge in [0, 0.05) is 49.7 Å². The first-order valence-electron chi connectivity index (χ1n) is 7.70. The molecular weight excluding hydrogens is 298 g/mol. The van der Waals surface area contributed by atoms with Crippen LogP contribution in [0.5, 0.6) is 0 Å². The van der Waals surface area contributed by atoms with Gasteiger partial charge in [0.15, 0.2) is 0 Å². The van der Waals surface area contributed by atoms with Crippen LogP contribution in [0, 0.1) is 11.6 Å². The van der Waals surface area contributed by atoms with E-state index in [1.54, 1.807) is 12.4 Å². The fraction of sp³-hybridized carbons (Fsp3) is 0.412. The van der Waals surface area contributed by atoms with Gasteiger partial charge in [0.25, 0.3) is 0 Å². The van der Waals surface area contributed by atoms with E-state index in [2.05, 4.69) is 15.3 Å². The van der Waals surface area contributed by atoms with Gasteiger partial charge >= 0.3 is 0 Å². The zero-order valence-corrected chi connectivity index (χ0v) is 13.3. The number of anilines is 1. The molecule has 0 aliphatic heterocycles. The molecule has 4 nitrogen and oxygen atoms in total. The van der Waals surface area contributed by atoms with Gasteiger partial charge in [0.1, 0.15) is 11.6 Å². The van der Waals surface area contributed by atoms with Crippen LogP contribution in [0.1, 0.15) is 30.4 Å². The van der Waals surface area contributed by atoms with E-state index in [1.165, 1.54) is 18.2 Å². The van der Waals surface area contributed by atoms with Crippen molar-refractivity contribution in [1.29, 1.82) is 0 Å². The van der Waals surface area contributed by atoms with E-state index in [0.717, 1.165) is 24.8 Å². The van der Waals surface area contributed by atoms with Crippen LogP contribution in [0.4, 0.5) is 14.7 Å². The summed E-state index contributed by atoms with van der Waals surface area (Å²) in [5.74, 6) is -0.347. The van der Waals surface area contributed by atoms with Gasteiger partial charge in [0.2, 0.25) is 5.95 Å². The van der Waals surface area contributed by atoms with E-state index in [-0.39, 0.29) is 5.56 Å². The molecule has 1 fully saturated rings. The number of nitrogens with one attached hydrogen (secondary N) is 1. The summed E-state index contributed by atoms with van der Waals surface area (Å²) in [5, 5.41) is 3.32. The van der Waals surface area contributed by atoms with Gasteiger partial charge in [-0.3, -0.25) is 0 Å². The first-order valence-corrected chi connectivity index (χ1v) is 7.70. The van der Waals surface area contributed by atoms with Crippen LogP contribution in [0.2, 0.25) is 0 Å². The fourth-order valence-corrected chi connectivity index (χ4v) is 2.94. The second-order valence-electron chi connectivity index (χ2n) is 6.17. The van der Waals surface area contributed by atoms with E-state index in [9.17, 15) is 8.78 Å². The average molecular weight is 318 g/mol. The van der Waals surface area contributed by atoms with Gasteiger partial charge in [0.05, 0.1) is 0 Å². The lowest BCUT2D eigenvalue weighted by molar-refractivity contribution is 0.170. The van der Waals surface area contributed by atoms with Crippen molar-refractivity contribution in [3.05, 3.63) is 53.4 Å². The van der Waals surface area contributed by atoms with E-state index in [0.29, 0.717) is 12.5 Å². The third kappa shape index (κ3) is 3.03. The van der Waals surface area contributed by atoms with Crippen molar-refractivity contribution < 1.29 is 8.78 Å². The summed E-state index contributed by atoms with van der Waals surface area (Å²) in [6, 6.07) is 4.03. The average Bonchev–Trinajstić information content (AvgIpc) is 2.49. The lowest BCUT2D eigenvalue weighted by Crippen LogP contribution is -2.49. The molecule has 1 aliphatic rings. The third-order valence-electron chi connectivity index (χ3n) is 4.37. The van der Waals surface area contributed by atoms with Crippen LogP contribution in [0.15, 0.2) is 30.6 Å². The Bertz CT molecular complexity index is 661. The number of hydrogen-bond donors (Lipinski definition) is 1. The normalized spacial score (nSPS) is 16.0. The van der Waals surface area contributed by atoms with Crippen molar-refractivity contribution >= 4 is 5.95 Å². The van der Waals surface area contributed by atoms with Crippen molar-refractivity contribution in [2.24, 2.45) is 0 Å². The minimum absolute atomic E-state index is 0.150. The Kier molecular flexibility index (Phi) is 4.26. The number of rotatable bonds is 5. The highest BCUT2D eigenvalue weighted by molar-refractivity contribution is 5.31. The second-order valence-corrected chi connectivity index (χ2v) is 6.17. The lowest BCUT2D eigenvalue weighted by Gasteiger charge is -2.43. The Labute approximate surface area is 134 Å². The molecule has 0 amide bonds. The molecule has 1 aromatic carbocycles. The Balaban J connectivity index is 1.77. The predicted molar refractivity (Wildman–Crippen MR) is 85.1 cm³/mol. The van der Waals surface area contributed by atoms with Crippen molar-refractivity contribution in [3.8, 4) is 0 Å². The molecule has 1 saturated carbocycles. The summed E-state index contributed by atoms with van der Waals surface area (Å²) < 4.78 is 28.2. The molecule has 0 atom stereocenters. The summed E-state index contributed by atoms with van der Waals surface area (Å²) in [6.07, 6.45) is 5.87. The molecule has 0 bridgehead atoms. The van der Waals surface area contributed by atoms with E-state index in [1.807, 2.05) is 19.0 Å². The zero-order chi connectivity index (χ0) is 16.4. The van der Waals surface area contributed by atoms with E-state index < -0.39 is 17.2 Å². The first kappa shape index (κ1) is 15.8. The maximum absolute atomic E-state index is 14.1. The molecule has 6 heteroatoms. The predicted octanol–water partition coefficient (Wildman–Crippen LogP) is 2.99. The quantitative estimate of drug-likeness (QED) is 0.920. The largest absolute Gasteiger partial charge is 0.347 e. The zero-order valence-electron chi connectivity index (χ0n) is 13.3. The Morgan fingerprint density at radius 2 is 1.74 bits per heavy atom. The van der Waals surface area contributed by atoms with Gasteiger partial charge in [-0.1, -0.05) is 6.07 Å². The molecule has 0 saturated heterocycles. The molecule has 1 aliphatic carbocycles. The van der Waals surface area contributed by atoms with Crippen molar-refractivity contribution in [1.82, 2.24) is 15.3 Å². The SMILES string of the molecule is CN(C)c1ncc(CNC2(c3c(F)cccc3F)CCC2)cn1. The van der Waals surface area contributed by atoms with Gasteiger partial charge in [-0.15, -0.1) is 0 Å². The molecule has 0 unspecified atom stereocenters. The van der Waals surface area contributed by atoms with Gasteiger partial charge in [-0.05, 0) is 31.4 Å². The molecule has 1 N–H and O–H groups in total. The fourth-order valence-electron chi connectivity index (χ4n) is 2.94. The summed E-state index contributed by atoms with van der Waals surface area (Å²) in [4.78, 5) is 10.3. The topological polar surface area (TPSA) is 41.1 Å². The summed E-state index contributed by atoms with van der Waals surface area (Å²) in [7, 11) is 3.75. The van der Waals surface area contributed by atoms with Gasteiger partial charge < -0.3 is 10.2 Å². The molecule has 23 heavy (non-hydrogen) atoms. The Morgan fingerprint density at radius 1 is 1.13 bits per heavy atom. The summed E-state index contributed by atoms with van der Waals surface area (Å²) in [5.41, 5.74) is 0.408. The molecule has 122 valence electrons. The van der Waals surface area contributed by atoms with Crippen LogP contribution >= 0.6 is 0 Å². The van der Waals surface area contributed by atoms with Crippen molar-refractivity contribution in [2.75, 3.05) is 19.0 Å². The van der Waals surface area contributed by atoms with Crippen molar-refractivity contribution in [3.63, 3.8) is 0 Å². The monoisotopic (exact) mass is 318 g/mol. The van der Waals surface area contributed by atoms with Gasteiger partial charge in [-0.25, -0.2) is 18.7 Å². The Hall–Kier alpha value is -2.08. The highest BCUT2D eigenvalue weighted by Gasteiger charge is 2.42. The van der Waals surface area contributed by atoms with Crippen LogP contribution in [-0.2, 0) is 12.1 Å². The second kappa shape index (κ2) is 6.20. The molecule has 0 spiro atoms. The molecule has 0 radical (unpaired) electrons. The van der Waals surface area contributed by atoms with Crippen LogP contribution < -0.4 is 10.2 Å². The van der Waals surface area contributed by atoms with Crippen LogP contribution in [0.25, 0.3) is 0 Å². The molecule has 1 aromatic heterocycles. The number of hydrogen-bond acceptors (Lipinski definition) is 4. The van der Waals surface area contributed by atoms with E-state index in [4.69, 9.17) is 0 Å². The highest BCUT2D eigenvalue weighted by Crippen LogP contribution is 2.43. The summed E-state index contributed by atoms with van der Waals surface area (Å²) in [6.45, 7) is 0.474. The lowest BCUT2D eigenvalue weighted by atomic mass is 9.71. The maximum Gasteiger partial charge on any atom is 0.224 e. The molecule has 2 aromatic rings. The number of aromatic nitrogens is 2. The van der Waals surface area contributed by atoms with Crippen molar-refractivity contribution in [2.45, 2.75) is 31.3 Å². The summed E-state index contributed by atoms with van der Waals surface area (Å²) >= 11 is 0. The number of benzene rings is 1. The Morgan fingerprint density at radius 3 is 2.22 bits per heavy atom. The standard InChI is InChI=1S/C17H20F2N4/c1-23(2)16-20-9-12(10-21-16)11-22-17(7-4-8-17)15-13(18)5-3-6-14(15)19/h3,5-6,9-10,22H,4,7-8,11H2,1-2H3. The molecular formula is C17H20F2N4. The minimum Gasteiger partial charge on any atom is -0.347 e. The van der Waals surface area contributed by atoms with Crippen LogP contribution in [-0.4, -0.2) is 24.1 Å². The number of nitrogens with zero attached hydrogens (tertiary/aromatic N) is 3.